The van der Waals surface area contributed by atoms with E-state index in [4.69, 9.17) is 4.42 Å². The fourth-order valence-corrected chi connectivity index (χ4v) is 4.75. The van der Waals surface area contributed by atoms with Crippen LogP contribution in [-0.4, -0.2) is 10.2 Å². The Hall–Kier alpha value is -1.59. The fraction of sp³-hybridized carbons (Fsp3) is 0.333. The van der Waals surface area contributed by atoms with Gasteiger partial charge in [-0.25, -0.2) is 0 Å². The van der Waals surface area contributed by atoms with Crippen molar-refractivity contribution in [3.05, 3.63) is 52.4 Å². The third-order valence-electron chi connectivity index (χ3n) is 4.15. The average molecular weight is 342 g/mol. The zero-order valence-corrected chi connectivity index (χ0v) is 14.6. The molecule has 0 saturated carbocycles. The van der Waals surface area contributed by atoms with Crippen LogP contribution in [0.25, 0.3) is 10.8 Å². The lowest BCUT2D eigenvalue weighted by Crippen LogP contribution is -2.07. The van der Waals surface area contributed by atoms with E-state index >= 15 is 0 Å². The molecule has 3 nitrogen and oxygen atoms in total. The molecule has 0 radical (unpaired) electrons. The fourth-order valence-electron chi connectivity index (χ4n) is 2.90. The maximum absolute atomic E-state index is 5.85. The Morgan fingerprint density at radius 2 is 2.13 bits per heavy atom. The van der Waals surface area contributed by atoms with Crippen LogP contribution in [0.15, 0.2) is 46.0 Å². The molecule has 2 heterocycles. The molecular weight excluding hydrogens is 324 g/mol. The van der Waals surface area contributed by atoms with Gasteiger partial charge in [0.2, 0.25) is 0 Å². The van der Waals surface area contributed by atoms with Gasteiger partial charge in [0.15, 0.2) is 0 Å². The second-order valence-corrected chi connectivity index (χ2v) is 8.12. The van der Waals surface area contributed by atoms with E-state index < -0.39 is 0 Å². The molecule has 0 bridgehead atoms. The maximum Gasteiger partial charge on any atom is 0.277 e. The second-order valence-electron chi connectivity index (χ2n) is 6.05. The van der Waals surface area contributed by atoms with E-state index in [1.807, 2.05) is 29.5 Å². The van der Waals surface area contributed by atoms with Crippen LogP contribution in [0.1, 0.15) is 29.3 Å². The van der Waals surface area contributed by atoms with Gasteiger partial charge in [0, 0.05) is 10.6 Å². The Bertz CT molecular complexity index is 794. The minimum atomic E-state index is 0.642. The number of aromatic nitrogens is 2. The Labute approximate surface area is 144 Å². The van der Waals surface area contributed by atoms with Crippen LogP contribution in [0.5, 0.6) is 0 Å². The van der Waals surface area contributed by atoms with Gasteiger partial charge in [-0.2, -0.15) is 0 Å². The Morgan fingerprint density at radius 1 is 1.26 bits per heavy atom. The number of benzene rings is 1. The van der Waals surface area contributed by atoms with Crippen LogP contribution in [0.3, 0.4) is 0 Å². The highest BCUT2D eigenvalue weighted by atomic mass is 32.2. The molecule has 3 aromatic rings. The molecule has 1 aliphatic carbocycles. The van der Waals surface area contributed by atoms with Crippen LogP contribution in [0.2, 0.25) is 0 Å². The quantitative estimate of drug-likeness (QED) is 0.610. The molecule has 0 aliphatic heterocycles. The average Bonchev–Trinajstić information content (AvgIpc) is 3.20. The molecule has 5 heteroatoms. The molecule has 0 saturated heterocycles. The van der Waals surface area contributed by atoms with Gasteiger partial charge in [0.05, 0.1) is 4.88 Å². The molecular formula is C18H18N2OS2. The first-order valence-electron chi connectivity index (χ1n) is 7.90. The van der Waals surface area contributed by atoms with Gasteiger partial charge in [0.25, 0.3) is 11.1 Å². The number of aryl methyl sites for hydroxylation is 1. The van der Waals surface area contributed by atoms with Gasteiger partial charge < -0.3 is 4.42 Å². The number of thioether (sulfide) groups is 1. The molecule has 1 aromatic carbocycles. The van der Waals surface area contributed by atoms with E-state index in [0.717, 1.165) is 16.5 Å². The van der Waals surface area contributed by atoms with E-state index in [9.17, 15) is 0 Å². The van der Waals surface area contributed by atoms with Crippen LogP contribution in [0, 0.1) is 5.92 Å². The number of rotatable bonds is 4. The highest BCUT2D eigenvalue weighted by molar-refractivity contribution is 7.98. The maximum atomic E-state index is 5.85. The van der Waals surface area contributed by atoms with Crippen molar-refractivity contribution in [2.45, 2.75) is 37.2 Å². The number of thiophene rings is 1. The lowest BCUT2D eigenvalue weighted by atomic mass is 9.90. The van der Waals surface area contributed by atoms with Gasteiger partial charge in [-0.15, -0.1) is 21.5 Å². The van der Waals surface area contributed by atoms with E-state index in [1.54, 1.807) is 11.8 Å². The van der Waals surface area contributed by atoms with Gasteiger partial charge in [-0.1, -0.05) is 49.0 Å². The summed E-state index contributed by atoms with van der Waals surface area (Å²) in [5, 5.41) is 9.06. The number of nitrogens with zero attached hydrogens (tertiary/aromatic N) is 2. The number of hydrogen-bond acceptors (Lipinski definition) is 5. The molecule has 1 atom stereocenters. The van der Waals surface area contributed by atoms with Crippen molar-refractivity contribution in [1.82, 2.24) is 10.2 Å². The van der Waals surface area contributed by atoms with Gasteiger partial charge >= 0.3 is 0 Å². The second kappa shape index (κ2) is 6.49. The minimum Gasteiger partial charge on any atom is -0.410 e. The first-order chi connectivity index (χ1) is 11.3. The first-order valence-corrected chi connectivity index (χ1v) is 9.70. The predicted molar refractivity (Wildman–Crippen MR) is 94.8 cm³/mol. The van der Waals surface area contributed by atoms with E-state index in [1.165, 1.54) is 35.3 Å². The summed E-state index contributed by atoms with van der Waals surface area (Å²) in [7, 11) is 0. The minimum absolute atomic E-state index is 0.642. The summed E-state index contributed by atoms with van der Waals surface area (Å²) in [5.74, 6) is 2.29. The van der Waals surface area contributed by atoms with Crippen molar-refractivity contribution >= 4 is 23.1 Å². The largest absolute Gasteiger partial charge is 0.410 e. The topological polar surface area (TPSA) is 38.9 Å². The monoisotopic (exact) mass is 342 g/mol. The van der Waals surface area contributed by atoms with Crippen molar-refractivity contribution in [2.24, 2.45) is 5.92 Å². The normalized spacial score (nSPS) is 17.2. The zero-order valence-electron chi connectivity index (χ0n) is 13.0. The summed E-state index contributed by atoms with van der Waals surface area (Å²) in [6, 6.07) is 12.6. The van der Waals surface area contributed by atoms with Crippen LogP contribution >= 0.6 is 23.1 Å². The highest BCUT2D eigenvalue weighted by Gasteiger charge is 2.20. The molecule has 0 N–H and O–H groups in total. The van der Waals surface area contributed by atoms with Gasteiger partial charge in [-0.05, 0) is 42.4 Å². The highest BCUT2D eigenvalue weighted by Crippen LogP contribution is 2.37. The molecule has 0 unspecified atom stereocenters. The predicted octanol–water partition coefficient (Wildman–Crippen LogP) is 5.22. The smallest absolute Gasteiger partial charge is 0.277 e. The third kappa shape index (κ3) is 3.35. The molecule has 1 aliphatic rings. The summed E-state index contributed by atoms with van der Waals surface area (Å²) in [6.45, 7) is 2.32. The zero-order chi connectivity index (χ0) is 15.6. The van der Waals surface area contributed by atoms with Gasteiger partial charge in [-0.3, -0.25) is 0 Å². The third-order valence-corrected chi connectivity index (χ3v) is 6.27. The summed E-state index contributed by atoms with van der Waals surface area (Å²) in [5.41, 5.74) is 2.73. The Kier molecular flexibility index (Phi) is 4.23. The molecule has 2 aromatic heterocycles. The molecule has 0 spiro atoms. The molecule has 23 heavy (non-hydrogen) atoms. The van der Waals surface area contributed by atoms with Crippen molar-refractivity contribution in [2.75, 3.05) is 0 Å². The summed E-state index contributed by atoms with van der Waals surface area (Å²) in [4.78, 5) is 2.61. The van der Waals surface area contributed by atoms with Crippen molar-refractivity contribution in [1.29, 1.82) is 0 Å². The molecule has 4 rings (SSSR count). The lowest BCUT2D eigenvalue weighted by Gasteiger charge is -2.16. The van der Waals surface area contributed by atoms with Gasteiger partial charge in [0.1, 0.15) is 0 Å². The van der Waals surface area contributed by atoms with Crippen LogP contribution < -0.4 is 0 Å². The molecule has 0 amide bonds. The summed E-state index contributed by atoms with van der Waals surface area (Å²) < 4.78 is 5.85. The standard InChI is InChI=1S/C18H18N2OS2/c1-12-7-8-15-14(9-12)10-16(23-15)17-19-20-18(21-17)22-11-13-5-3-2-4-6-13/h2-6,10,12H,7-9,11H2,1H3/t12-/m0/s1. The van der Waals surface area contributed by atoms with E-state index in [0.29, 0.717) is 11.1 Å². The summed E-state index contributed by atoms with van der Waals surface area (Å²) >= 11 is 3.40. The van der Waals surface area contributed by atoms with E-state index in [-0.39, 0.29) is 0 Å². The molecule has 118 valence electrons. The van der Waals surface area contributed by atoms with Crippen LogP contribution in [0.4, 0.5) is 0 Å². The van der Waals surface area contributed by atoms with Crippen molar-refractivity contribution in [3.63, 3.8) is 0 Å². The van der Waals surface area contributed by atoms with Crippen molar-refractivity contribution < 1.29 is 4.42 Å². The SMILES string of the molecule is C[C@H]1CCc2sc(-c3nnc(SCc4ccccc4)o3)cc2C1. The number of hydrogen-bond donors (Lipinski definition) is 0. The summed E-state index contributed by atoms with van der Waals surface area (Å²) in [6.07, 6.45) is 3.65. The first kappa shape index (κ1) is 15.0. The Morgan fingerprint density at radius 3 is 3.00 bits per heavy atom. The lowest BCUT2D eigenvalue weighted by molar-refractivity contribution is 0.466. The van der Waals surface area contributed by atoms with Crippen molar-refractivity contribution in [3.8, 4) is 10.8 Å². The Balaban J connectivity index is 1.48. The van der Waals surface area contributed by atoms with E-state index in [2.05, 4.69) is 35.3 Å². The number of fused-ring (bicyclic) bond motifs is 1. The van der Waals surface area contributed by atoms with Crippen LogP contribution in [-0.2, 0) is 18.6 Å². The molecule has 0 fully saturated rings.